The van der Waals surface area contributed by atoms with Crippen LogP contribution in [-0.2, 0) is 19.6 Å². The lowest BCUT2D eigenvalue weighted by Gasteiger charge is -2.16. The predicted octanol–water partition coefficient (Wildman–Crippen LogP) is 0.919. The van der Waals surface area contributed by atoms with Gasteiger partial charge in [-0.2, -0.15) is 4.31 Å². The molecule has 19 heavy (non-hydrogen) atoms. The zero-order valence-electron chi connectivity index (χ0n) is 10.2. The third-order valence-corrected chi connectivity index (χ3v) is 5.37. The molecule has 1 unspecified atom stereocenters. The highest BCUT2D eigenvalue weighted by molar-refractivity contribution is 7.89. The fraction of sp³-hybridized carbons (Fsp3) is 0.455. The van der Waals surface area contributed by atoms with Crippen molar-refractivity contribution >= 4 is 27.6 Å². The number of sulfonamides is 1. The van der Waals surface area contributed by atoms with Crippen LogP contribution in [0.1, 0.15) is 6.42 Å². The quantitative estimate of drug-likeness (QED) is 0.776. The number of rotatable bonds is 3. The van der Waals surface area contributed by atoms with Gasteiger partial charge in [-0.1, -0.05) is 11.6 Å². The molecule has 1 atom stereocenters. The highest BCUT2D eigenvalue weighted by Crippen LogP contribution is 2.28. The van der Waals surface area contributed by atoms with Gasteiger partial charge in [0.05, 0.1) is 18.1 Å². The number of ether oxygens (including phenoxy) is 1. The second-order valence-corrected chi connectivity index (χ2v) is 6.49. The molecule has 104 valence electrons. The zero-order chi connectivity index (χ0) is 14.0. The van der Waals surface area contributed by atoms with Crippen molar-refractivity contribution in [3.63, 3.8) is 0 Å². The summed E-state index contributed by atoms with van der Waals surface area (Å²) in [4.78, 5) is 15.1. The van der Waals surface area contributed by atoms with Gasteiger partial charge in [0, 0.05) is 25.5 Å². The zero-order valence-corrected chi connectivity index (χ0v) is 11.8. The Morgan fingerprint density at radius 1 is 1.58 bits per heavy atom. The molecule has 2 heterocycles. The van der Waals surface area contributed by atoms with Gasteiger partial charge in [-0.3, -0.25) is 9.78 Å². The van der Waals surface area contributed by atoms with Crippen LogP contribution in [0.3, 0.4) is 0 Å². The summed E-state index contributed by atoms with van der Waals surface area (Å²) in [7, 11) is -2.42. The molecule has 8 heteroatoms. The van der Waals surface area contributed by atoms with Gasteiger partial charge in [-0.15, -0.1) is 0 Å². The number of pyridine rings is 1. The molecule has 1 aliphatic heterocycles. The highest BCUT2D eigenvalue weighted by Gasteiger charge is 2.37. The molecule has 0 spiro atoms. The van der Waals surface area contributed by atoms with Gasteiger partial charge < -0.3 is 4.74 Å². The van der Waals surface area contributed by atoms with E-state index in [0.29, 0.717) is 6.42 Å². The number of aromatic nitrogens is 1. The number of hydrogen-bond donors (Lipinski definition) is 0. The number of esters is 1. The van der Waals surface area contributed by atoms with E-state index < -0.39 is 21.9 Å². The van der Waals surface area contributed by atoms with Crippen molar-refractivity contribution in [3.05, 3.63) is 23.5 Å². The van der Waals surface area contributed by atoms with Crippen LogP contribution < -0.4 is 0 Å². The average Bonchev–Trinajstić information content (AvgIpc) is 2.88. The largest absolute Gasteiger partial charge is 0.469 e. The summed E-state index contributed by atoms with van der Waals surface area (Å²) in [6.07, 6.45) is 3.08. The van der Waals surface area contributed by atoms with E-state index in [1.165, 1.54) is 29.9 Å². The van der Waals surface area contributed by atoms with E-state index in [2.05, 4.69) is 9.72 Å². The maximum Gasteiger partial charge on any atom is 0.310 e. The second kappa shape index (κ2) is 5.44. The summed E-state index contributed by atoms with van der Waals surface area (Å²) in [6, 6.07) is 1.42. The van der Waals surface area contributed by atoms with Gasteiger partial charge in [0.2, 0.25) is 10.0 Å². The Morgan fingerprint density at radius 2 is 2.32 bits per heavy atom. The van der Waals surface area contributed by atoms with Gasteiger partial charge in [0.1, 0.15) is 4.90 Å². The molecule has 0 amide bonds. The first-order valence-corrected chi connectivity index (χ1v) is 7.46. The molecule has 0 aromatic carbocycles. The molecule has 0 radical (unpaired) electrons. The fourth-order valence-corrected chi connectivity index (χ4v) is 3.90. The van der Waals surface area contributed by atoms with Crippen LogP contribution in [0.15, 0.2) is 23.4 Å². The van der Waals surface area contributed by atoms with Crippen LogP contribution in [0.25, 0.3) is 0 Å². The lowest BCUT2D eigenvalue weighted by molar-refractivity contribution is -0.144. The van der Waals surface area contributed by atoms with E-state index in [0.717, 1.165) is 0 Å². The Bertz CT molecular complexity index is 590. The van der Waals surface area contributed by atoms with E-state index in [-0.39, 0.29) is 23.0 Å². The Morgan fingerprint density at radius 3 is 2.95 bits per heavy atom. The molecule has 0 aliphatic carbocycles. The summed E-state index contributed by atoms with van der Waals surface area (Å²) in [6.45, 7) is 0.382. The first-order valence-electron chi connectivity index (χ1n) is 5.64. The van der Waals surface area contributed by atoms with E-state index in [1.807, 2.05) is 0 Å². The third-order valence-electron chi connectivity index (χ3n) is 3.04. The molecule has 0 saturated carbocycles. The highest BCUT2D eigenvalue weighted by atomic mass is 35.5. The number of carbonyl (C=O) groups excluding carboxylic acids is 1. The third kappa shape index (κ3) is 2.72. The minimum Gasteiger partial charge on any atom is -0.469 e. The van der Waals surface area contributed by atoms with E-state index in [4.69, 9.17) is 11.6 Å². The number of nitrogens with zero attached hydrogens (tertiary/aromatic N) is 2. The van der Waals surface area contributed by atoms with Crippen LogP contribution in [0.4, 0.5) is 0 Å². The van der Waals surface area contributed by atoms with Crippen LogP contribution in [-0.4, -0.2) is 43.9 Å². The molecule has 1 aromatic heterocycles. The van der Waals surface area contributed by atoms with Crippen LogP contribution in [0.5, 0.6) is 0 Å². The minimum atomic E-state index is -3.71. The molecule has 2 rings (SSSR count). The molecule has 1 aromatic rings. The maximum atomic E-state index is 12.4. The normalized spacial score (nSPS) is 20.4. The number of carbonyl (C=O) groups is 1. The van der Waals surface area contributed by atoms with Crippen molar-refractivity contribution in [2.75, 3.05) is 20.2 Å². The van der Waals surface area contributed by atoms with Crippen molar-refractivity contribution in [1.82, 2.24) is 9.29 Å². The van der Waals surface area contributed by atoms with Crippen LogP contribution >= 0.6 is 11.6 Å². The van der Waals surface area contributed by atoms with Gasteiger partial charge in [-0.05, 0) is 12.5 Å². The van der Waals surface area contributed by atoms with Crippen LogP contribution in [0.2, 0.25) is 5.02 Å². The number of halogens is 1. The molecule has 0 bridgehead atoms. The Kier molecular flexibility index (Phi) is 4.07. The smallest absolute Gasteiger partial charge is 0.310 e. The fourth-order valence-electron chi connectivity index (χ4n) is 2.00. The second-order valence-electron chi connectivity index (χ2n) is 4.18. The topological polar surface area (TPSA) is 76.6 Å². The van der Waals surface area contributed by atoms with Crippen molar-refractivity contribution in [2.24, 2.45) is 5.92 Å². The van der Waals surface area contributed by atoms with Crippen molar-refractivity contribution in [2.45, 2.75) is 11.3 Å². The van der Waals surface area contributed by atoms with Crippen molar-refractivity contribution in [1.29, 1.82) is 0 Å². The summed E-state index contributed by atoms with van der Waals surface area (Å²) >= 11 is 5.88. The maximum absolute atomic E-state index is 12.4. The van der Waals surface area contributed by atoms with Crippen LogP contribution in [0, 0.1) is 5.92 Å². The van der Waals surface area contributed by atoms with E-state index in [9.17, 15) is 13.2 Å². The van der Waals surface area contributed by atoms with E-state index >= 15 is 0 Å². The Hall–Kier alpha value is -1.18. The summed E-state index contributed by atoms with van der Waals surface area (Å²) in [5.41, 5.74) is 0. The lowest BCUT2D eigenvalue weighted by atomic mass is 10.1. The summed E-state index contributed by atoms with van der Waals surface area (Å²) < 4.78 is 30.6. The Balaban J connectivity index is 2.24. The molecule has 6 nitrogen and oxygen atoms in total. The SMILES string of the molecule is COC(=O)C1CCN(S(=O)(=O)c2cnccc2Cl)C1. The van der Waals surface area contributed by atoms with Gasteiger partial charge in [0.25, 0.3) is 0 Å². The average molecular weight is 305 g/mol. The Labute approximate surface area is 116 Å². The molecule has 1 saturated heterocycles. The molecular weight excluding hydrogens is 292 g/mol. The van der Waals surface area contributed by atoms with Gasteiger partial charge in [-0.25, -0.2) is 8.42 Å². The minimum absolute atomic E-state index is 0.0396. The standard InChI is InChI=1S/C11H13ClN2O4S/c1-18-11(15)8-3-5-14(7-8)19(16,17)10-6-13-4-2-9(10)12/h2,4,6,8H,3,5,7H2,1H3. The molecule has 0 N–H and O–H groups in total. The number of hydrogen-bond acceptors (Lipinski definition) is 5. The molecule has 1 fully saturated rings. The first-order chi connectivity index (χ1) is 8.96. The van der Waals surface area contributed by atoms with Crippen molar-refractivity contribution in [3.8, 4) is 0 Å². The summed E-state index contributed by atoms with van der Waals surface area (Å²) in [5, 5.41) is 0.122. The van der Waals surface area contributed by atoms with E-state index in [1.54, 1.807) is 0 Å². The first kappa shape index (κ1) is 14.2. The summed E-state index contributed by atoms with van der Waals surface area (Å²) in [5.74, 6) is -0.815. The predicted molar refractivity (Wildman–Crippen MR) is 68.1 cm³/mol. The van der Waals surface area contributed by atoms with Gasteiger partial charge in [0.15, 0.2) is 0 Å². The van der Waals surface area contributed by atoms with Gasteiger partial charge >= 0.3 is 5.97 Å². The monoisotopic (exact) mass is 304 g/mol. The lowest BCUT2D eigenvalue weighted by Crippen LogP contribution is -2.30. The van der Waals surface area contributed by atoms with Crippen molar-refractivity contribution < 1.29 is 17.9 Å². The molecular formula is C11H13ClN2O4S. The molecule has 1 aliphatic rings. The number of methoxy groups -OCH3 is 1.